The number of amides is 2. The molecule has 0 saturated carbocycles. The molecule has 15 heavy (non-hydrogen) atoms. The molecule has 2 amide bonds. The molecule has 0 bridgehead atoms. The Morgan fingerprint density at radius 2 is 2.40 bits per heavy atom. The van der Waals surface area contributed by atoms with Gasteiger partial charge in [0, 0.05) is 7.05 Å². The largest absolute Gasteiger partial charge is 3.00 e. The maximum Gasteiger partial charge on any atom is 3.00 e. The maximum absolute atomic E-state index is 11.0. The summed E-state index contributed by atoms with van der Waals surface area (Å²) in [5.41, 5.74) is 1.65. The van der Waals surface area contributed by atoms with E-state index in [-0.39, 0.29) is 38.7 Å². The summed E-state index contributed by atoms with van der Waals surface area (Å²) in [6.07, 6.45) is 0. The van der Waals surface area contributed by atoms with Gasteiger partial charge in [-0.3, -0.25) is 10.3 Å². The first-order chi connectivity index (χ1) is 6.79. The number of fused-ring (bicyclic) bond motifs is 1. The molecular formula is C9H9N4OY+2. The topological polar surface area (TPSA) is 69.8 Å². The fraction of sp³-hybridized carbons (Fsp3) is 0.111. The van der Waals surface area contributed by atoms with Crippen molar-refractivity contribution in [1.82, 2.24) is 15.3 Å². The minimum Gasteiger partial charge on any atom is -0.348 e. The number of aromatic amines is 1. The molecule has 0 aliphatic carbocycles. The Hall–Kier alpha value is -0.936. The van der Waals surface area contributed by atoms with E-state index in [0.717, 1.165) is 11.0 Å². The van der Waals surface area contributed by atoms with Crippen LogP contribution >= 0.6 is 0 Å². The number of benzene rings is 1. The van der Waals surface area contributed by atoms with E-state index in [1.807, 2.05) is 6.07 Å². The van der Waals surface area contributed by atoms with Crippen LogP contribution in [0.25, 0.3) is 11.0 Å². The Kier molecular flexibility index (Phi) is 4.23. The Morgan fingerprint density at radius 1 is 1.60 bits per heavy atom. The molecule has 2 rings (SSSR count). The SMILES string of the molecule is CNC(=O)Nc1nc2c[c-]ccc2[nH]1.[Y+3]. The van der Waals surface area contributed by atoms with Crippen molar-refractivity contribution in [2.45, 2.75) is 0 Å². The molecular weight excluding hydrogens is 269 g/mol. The fourth-order valence-electron chi connectivity index (χ4n) is 1.13. The van der Waals surface area contributed by atoms with Crippen LogP contribution in [0.5, 0.6) is 0 Å². The number of imidazole rings is 1. The van der Waals surface area contributed by atoms with Crippen LogP contribution in [0.4, 0.5) is 10.7 Å². The minimum absolute atomic E-state index is 0. The number of carbonyl (C=O) groups excluding carboxylic acids is 1. The summed E-state index contributed by atoms with van der Waals surface area (Å²) in [7, 11) is 1.55. The molecule has 0 fully saturated rings. The number of urea groups is 1. The van der Waals surface area contributed by atoms with E-state index >= 15 is 0 Å². The smallest absolute Gasteiger partial charge is 0.348 e. The number of carbonyl (C=O) groups is 1. The molecule has 5 nitrogen and oxygen atoms in total. The molecule has 1 heterocycles. The van der Waals surface area contributed by atoms with Gasteiger partial charge < -0.3 is 10.3 Å². The van der Waals surface area contributed by atoms with E-state index in [0.29, 0.717) is 5.95 Å². The van der Waals surface area contributed by atoms with Gasteiger partial charge in [-0.15, -0.1) is 12.1 Å². The van der Waals surface area contributed by atoms with Crippen molar-refractivity contribution in [3.8, 4) is 0 Å². The van der Waals surface area contributed by atoms with Gasteiger partial charge in [-0.05, 0) is 11.0 Å². The summed E-state index contributed by atoms with van der Waals surface area (Å²) in [6.45, 7) is 0. The second-order valence-electron chi connectivity index (χ2n) is 2.73. The van der Waals surface area contributed by atoms with Crippen molar-refractivity contribution in [1.29, 1.82) is 0 Å². The van der Waals surface area contributed by atoms with Crippen molar-refractivity contribution < 1.29 is 37.5 Å². The number of aromatic nitrogens is 2. The molecule has 0 aliphatic rings. The van der Waals surface area contributed by atoms with Crippen LogP contribution in [0.1, 0.15) is 0 Å². The summed E-state index contributed by atoms with van der Waals surface area (Å²) in [4.78, 5) is 18.1. The van der Waals surface area contributed by atoms with Crippen molar-refractivity contribution in [3.63, 3.8) is 0 Å². The van der Waals surface area contributed by atoms with Crippen molar-refractivity contribution in [2.75, 3.05) is 12.4 Å². The number of anilines is 1. The van der Waals surface area contributed by atoms with Crippen LogP contribution in [0.3, 0.4) is 0 Å². The third-order valence-electron chi connectivity index (χ3n) is 1.79. The zero-order valence-corrected chi connectivity index (χ0v) is 11.0. The summed E-state index contributed by atoms with van der Waals surface area (Å²) in [5.74, 6) is 0.430. The van der Waals surface area contributed by atoms with Gasteiger partial charge in [0.25, 0.3) is 0 Å². The average Bonchev–Trinajstić information content (AvgIpc) is 2.59. The van der Waals surface area contributed by atoms with E-state index in [1.165, 1.54) is 0 Å². The van der Waals surface area contributed by atoms with E-state index in [9.17, 15) is 4.79 Å². The van der Waals surface area contributed by atoms with E-state index in [2.05, 4.69) is 26.7 Å². The fourth-order valence-corrected chi connectivity index (χ4v) is 1.13. The van der Waals surface area contributed by atoms with Gasteiger partial charge in [0.15, 0.2) is 5.95 Å². The number of nitrogens with zero attached hydrogens (tertiary/aromatic N) is 1. The van der Waals surface area contributed by atoms with Crippen LogP contribution in [0.15, 0.2) is 18.2 Å². The summed E-state index contributed by atoms with van der Waals surface area (Å²) >= 11 is 0. The summed E-state index contributed by atoms with van der Waals surface area (Å²) in [6, 6.07) is 7.98. The molecule has 0 spiro atoms. The number of hydrogen-bond donors (Lipinski definition) is 3. The van der Waals surface area contributed by atoms with E-state index < -0.39 is 0 Å². The summed E-state index contributed by atoms with van der Waals surface area (Å²) in [5, 5.41) is 4.99. The van der Waals surface area contributed by atoms with Gasteiger partial charge in [-0.1, -0.05) is 0 Å². The maximum atomic E-state index is 11.0. The van der Waals surface area contributed by atoms with E-state index in [4.69, 9.17) is 0 Å². The predicted molar refractivity (Wildman–Crippen MR) is 53.0 cm³/mol. The first-order valence-electron chi connectivity index (χ1n) is 4.14. The second kappa shape index (κ2) is 5.23. The number of nitrogens with one attached hydrogen (secondary N) is 3. The van der Waals surface area contributed by atoms with Crippen molar-refractivity contribution in [3.05, 3.63) is 24.3 Å². The Balaban J connectivity index is 0.00000112. The number of rotatable bonds is 1. The predicted octanol–water partition coefficient (Wildman–Crippen LogP) is 1.11. The number of hydrogen-bond acceptors (Lipinski definition) is 2. The standard InChI is InChI=1S/C9H9N4O.Y/c1-10-9(14)13-8-11-6-4-2-3-5-7(6)12-8;/h2,4-5H,1H3,(H3,10,11,12,13,14);/q-1;+3. The Labute approximate surface area is 112 Å². The molecule has 0 atom stereocenters. The normalized spacial score (nSPS) is 9.40. The van der Waals surface area contributed by atoms with Crippen LogP contribution < -0.4 is 10.6 Å². The van der Waals surface area contributed by atoms with Gasteiger partial charge in [-0.25, -0.2) is 4.79 Å². The second-order valence-corrected chi connectivity index (χ2v) is 2.73. The molecule has 1 aromatic heterocycles. The van der Waals surface area contributed by atoms with Gasteiger partial charge >= 0.3 is 38.7 Å². The summed E-state index contributed by atoms with van der Waals surface area (Å²) < 4.78 is 0. The molecule has 2 aromatic rings. The van der Waals surface area contributed by atoms with Gasteiger partial charge in [0.2, 0.25) is 0 Å². The zero-order chi connectivity index (χ0) is 9.97. The van der Waals surface area contributed by atoms with Gasteiger partial charge in [0.05, 0.1) is 0 Å². The molecule has 3 N–H and O–H groups in total. The van der Waals surface area contributed by atoms with Crippen molar-refractivity contribution in [2.24, 2.45) is 0 Å². The van der Waals surface area contributed by atoms with Crippen molar-refractivity contribution >= 4 is 23.0 Å². The third kappa shape index (κ3) is 2.76. The first-order valence-corrected chi connectivity index (χ1v) is 4.14. The Morgan fingerprint density at radius 3 is 3.07 bits per heavy atom. The van der Waals surface area contributed by atoms with Crippen LogP contribution in [0, 0.1) is 6.07 Å². The van der Waals surface area contributed by atoms with Crippen LogP contribution in [-0.4, -0.2) is 23.0 Å². The molecule has 1 aromatic carbocycles. The monoisotopic (exact) mass is 278 g/mol. The molecule has 72 valence electrons. The molecule has 0 unspecified atom stereocenters. The van der Waals surface area contributed by atoms with Gasteiger partial charge in [0.1, 0.15) is 0 Å². The van der Waals surface area contributed by atoms with Crippen LogP contribution in [-0.2, 0) is 32.7 Å². The molecule has 0 aliphatic heterocycles. The first kappa shape index (κ1) is 12.1. The van der Waals surface area contributed by atoms with Crippen LogP contribution in [0.2, 0.25) is 0 Å². The van der Waals surface area contributed by atoms with E-state index in [1.54, 1.807) is 19.2 Å². The molecule has 6 heteroatoms. The average molecular weight is 278 g/mol. The Bertz CT molecular complexity index is 435. The van der Waals surface area contributed by atoms with Gasteiger partial charge in [-0.2, -0.15) is 12.1 Å². The minimum atomic E-state index is -0.298. The molecule has 0 radical (unpaired) electrons. The zero-order valence-electron chi connectivity index (χ0n) is 8.16. The number of H-pyrrole nitrogens is 1. The quantitative estimate of drug-likeness (QED) is 0.684. The molecule has 0 saturated heterocycles. The third-order valence-corrected chi connectivity index (χ3v) is 1.79.